The number of amides is 1. The summed E-state index contributed by atoms with van der Waals surface area (Å²) in [6, 6.07) is 20.2. The number of hydrogen-bond donors (Lipinski definition) is 5. The maximum Gasteiger partial charge on any atom is 0.298 e. The molecule has 0 radical (unpaired) electrons. The minimum atomic E-state index is -4.21. The lowest BCUT2D eigenvalue weighted by atomic mass is 9.97. The molecule has 0 saturated heterocycles. The first-order chi connectivity index (χ1) is 23.4. The van der Waals surface area contributed by atoms with Gasteiger partial charge in [-0.15, -0.1) is 0 Å². The van der Waals surface area contributed by atoms with Crippen molar-refractivity contribution >= 4 is 52.9 Å². The molecule has 12 nitrogen and oxygen atoms in total. The summed E-state index contributed by atoms with van der Waals surface area (Å²) in [7, 11) is -8.28. The number of benzene rings is 4. The summed E-state index contributed by atoms with van der Waals surface area (Å²) in [5.74, 6) is -0.0313. The van der Waals surface area contributed by atoms with Gasteiger partial charge in [0.05, 0.1) is 19.8 Å². The summed E-state index contributed by atoms with van der Waals surface area (Å²) in [6.07, 6.45) is 3.33. The second-order valence-electron chi connectivity index (χ2n) is 11.5. The molecule has 3 heterocycles. The van der Waals surface area contributed by atoms with Gasteiger partial charge in [0.2, 0.25) is 15.9 Å². The SMILES string of the molecule is NC(=O)c1ccccc1-c1cc2c(c(S(=O)(=O)N[C@@H](CO)Cc3c[nH]c4ccccc34)c1)OCC2.O=S(=O)(O)c1cc(Br)cc2c1OCC2. The van der Waals surface area contributed by atoms with Gasteiger partial charge in [-0.2, -0.15) is 8.42 Å². The van der Waals surface area contributed by atoms with Crippen LogP contribution in [0.15, 0.2) is 93.3 Å². The van der Waals surface area contributed by atoms with Crippen LogP contribution in [-0.2, 0) is 39.4 Å². The zero-order valence-corrected chi connectivity index (χ0v) is 29.1. The Balaban J connectivity index is 0.000000248. The number of aromatic amines is 1. The van der Waals surface area contributed by atoms with Crippen LogP contribution in [0.4, 0.5) is 0 Å². The van der Waals surface area contributed by atoms with Crippen LogP contribution in [0.2, 0.25) is 0 Å². The molecule has 0 saturated carbocycles. The zero-order valence-electron chi connectivity index (χ0n) is 25.8. The predicted octanol–water partition coefficient (Wildman–Crippen LogP) is 4.38. The van der Waals surface area contributed by atoms with Crippen LogP contribution < -0.4 is 19.9 Å². The minimum absolute atomic E-state index is 0.0286. The average Bonchev–Trinajstić information content (AvgIpc) is 3.83. The molecule has 4 aromatic carbocycles. The van der Waals surface area contributed by atoms with E-state index in [2.05, 4.69) is 25.6 Å². The lowest BCUT2D eigenvalue weighted by Gasteiger charge is -2.19. The molecule has 2 aliphatic heterocycles. The van der Waals surface area contributed by atoms with E-state index < -0.39 is 32.1 Å². The number of aliphatic hydroxyl groups is 1. The number of carbonyl (C=O) groups excluding carboxylic acids is 1. The van der Waals surface area contributed by atoms with Gasteiger partial charge in [0.25, 0.3) is 10.1 Å². The van der Waals surface area contributed by atoms with E-state index in [9.17, 15) is 26.7 Å². The highest BCUT2D eigenvalue weighted by Crippen LogP contribution is 2.39. The Morgan fingerprint density at radius 2 is 1.57 bits per heavy atom. The van der Waals surface area contributed by atoms with Crippen molar-refractivity contribution in [2.75, 3.05) is 19.8 Å². The molecule has 49 heavy (non-hydrogen) atoms. The number of aliphatic hydroxyl groups excluding tert-OH is 1. The number of para-hydroxylation sites is 1. The van der Waals surface area contributed by atoms with Gasteiger partial charge < -0.3 is 25.3 Å². The lowest BCUT2D eigenvalue weighted by molar-refractivity contribution is 0.100. The number of hydrogen-bond acceptors (Lipinski definition) is 8. The number of nitrogens with one attached hydrogen (secondary N) is 2. The number of nitrogens with two attached hydrogens (primary N) is 1. The number of sulfonamides is 1. The summed E-state index contributed by atoms with van der Waals surface area (Å²) in [4.78, 5) is 14.9. The number of fused-ring (bicyclic) bond motifs is 3. The molecular formula is C34H32BrN3O9S2. The van der Waals surface area contributed by atoms with Gasteiger partial charge in [0, 0.05) is 51.6 Å². The number of H-pyrrole nitrogens is 1. The molecule has 256 valence electrons. The van der Waals surface area contributed by atoms with Crippen molar-refractivity contribution in [3.8, 4) is 22.6 Å². The third kappa shape index (κ3) is 7.37. The molecule has 7 rings (SSSR count). The molecule has 1 amide bonds. The topological polar surface area (TPSA) is 198 Å². The van der Waals surface area contributed by atoms with Crippen LogP contribution in [0, 0.1) is 0 Å². The molecule has 0 fully saturated rings. The van der Waals surface area contributed by atoms with Crippen molar-refractivity contribution in [1.29, 1.82) is 0 Å². The van der Waals surface area contributed by atoms with Crippen molar-refractivity contribution in [2.24, 2.45) is 5.73 Å². The minimum Gasteiger partial charge on any atom is -0.492 e. The van der Waals surface area contributed by atoms with Crippen LogP contribution >= 0.6 is 15.9 Å². The highest BCUT2D eigenvalue weighted by Gasteiger charge is 2.30. The van der Waals surface area contributed by atoms with Crippen LogP contribution in [0.1, 0.15) is 27.0 Å². The Labute approximate surface area is 291 Å². The van der Waals surface area contributed by atoms with Crippen molar-refractivity contribution < 1.29 is 40.8 Å². The van der Waals surface area contributed by atoms with Crippen LogP contribution in [0.5, 0.6) is 11.5 Å². The molecule has 1 aromatic heterocycles. The van der Waals surface area contributed by atoms with Crippen LogP contribution in [0.3, 0.4) is 0 Å². The Bertz CT molecular complexity index is 2290. The van der Waals surface area contributed by atoms with Crippen molar-refractivity contribution in [2.45, 2.75) is 35.1 Å². The quantitative estimate of drug-likeness (QED) is 0.135. The fraction of sp³-hybridized carbons (Fsp3) is 0.206. The van der Waals surface area contributed by atoms with E-state index in [0.717, 1.165) is 27.6 Å². The van der Waals surface area contributed by atoms with Crippen LogP contribution in [-0.4, -0.2) is 63.2 Å². The number of carbonyl (C=O) groups is 1. The molecule has 1 atom stereocenters. The van der Waals surface area contributed by atoms with Gasteiger partial charge in [-0.05, 0) is 65.1 Å². The van der Waals surface area contributed by atoms with Gasteiger partial charge in [-0.1, -0.05) is 52.3 Å². The van der Waals surface area contributed by atoms with E-state index in [4.69, 9.17) is 19.8 Å². The molecule has 5 aromatic rings. The first-order valence-corrected chi connectivity index (χ1v) is 18.9. The molecule has 0 spiro atoms. The standard InChI is InChI=1S/C26H25N3O5S.C8H7BrO4S/c27-26(31)22-7-2-1-5-20(22)17-11-16-9-10-34-25(16)24(13-17)35(32,33)29-19(15-30)12-18-14-28-23-8-4-3-6-21(18)23;9-6-3-5-1-2-13-8(5)7(4-6)14(10,11)12/h1-8,11,13-14,19,28-30H,9-10,12,15H2,(H2,27,31);3-4H,1-2H2,(H,10,11,12)/t19-;/m1./s1. The van der Waals surface area contributed by atoms with E-state index >= 15 is 0 Å². The maximum atomic E-state index is 13.6. The maximum absolute atomic E-state index is 13.6. The Kier molecular flexibility index (Phi) is 9.84. The van der Waals surface area contributed by atoms with Gasteiger partial charge in [-0.25, -0.2) is 13.1 Å². The molecule has 15 heteroatoms. The fourth-order valence-electron chi connectivity index (χ4n) is 6.00. The summed E-state index contributed by atoms with van der Waals surface area (Å²) in [5, 5.41) is 11.0. The van der Waals surface area contributed by atoms with E-state index in [1.165, 1.54) is 12.1 Å². The second-order valence-corrected chi connectivity index (χ2v) is 15.5. The van der Waals surface area contributed by atoms with Crippen LogP contribution in [0.25, 0.3) is 22.0 Å². The number of primary amides is 1. The third-order valence-corrected chi connectivity index (χ3v) is 11.1. The summed E-state index contributed by atoms with van der Waals surface area (Å²) < 4.78 is 72.2. The first-order valence-electron chi connectivity index (χ1n) is 15.2. The van der Waals surface area contributed by atoms with Crippen molar-refractivity contribution in [3.63, 3.8) is 0 Å². The number of rotatable bonds is 9. The molecule has 0 unspecified atom stereocenters. The molecule has 0 bridgehead atoms. The normalized spacial score (nSPS) is 14.3. The molecular weight excluding hydrogens is 738 g/mol. The molecule has 0 aliphatic carbocycles. The summed E-state index contributed by atoms with van der Waals surface area (Å²) in [6.45, 7) is 0.428. The number of ether oxygens (including phenoxy) is 2. The number of aromatic nitrogens is 1. The third-order valence-electron chi connectivity index (χ3n) is 8.22. The lowest BCUT2D eigenvalue weighted by Crippen LogP contribution is -2.39. The molecule has 6 N–H and O–H groups in total. The largest absolute Gasteiger partial charge is 0.492 e. The van der Waals surface area contributed by atoms with Crippen molar-refractivity contribution in [3.05, 3.63) is 106 Å². The Morgan fingerprint density at radius 1 is 0.918 bits per heavy atom. The Morgan fingerprint density at radius 3 is 2.27 bits per heavy atom. The molecule has 2 aliphatic rings. The highest BCUT2D eigenvalue weighted by atomic mass is 79.9. The smallest absolute Gasteiger partial charge is 0.298 e. The predicted molar refractivity (Wildman–Crippen MR) is 186 cm³/mol. The second kappa shape index (κ2) is 13.9. The van der Waals surface area contributed by atoms with E-state index in [-0.39, 0.29) is 22.1 Å². The first kappa shape index (κ1) is 34.6. The average molecular weight is 771 g/mol. The zero-order chi connectivity index (χ0) is 34.9. The fourth-order valence-corrected chi connectivity index (χ4v) is 8.79. The van der Waals surface area contributed by atoms with Gasteiger partial charge in [-0.3, -0.25) is 9.35 Å². The van der Waals surface area contributed by atoms with Gasteiger partial charge in [0.1, 0.15) is 21.3 Å². The monoisotopic (exact) mass is 769 g/mol. The number of halogens is 1. The summed E-state index contributed by atoms with van der Waals surface area (Å²) in [5.41, 5.74) is 10.3. The van der Waals surface area contributed by atoms with Crippen molar-refractivity contribution in [1.82, 2.24) is 9.71 Å². The Hall–Kier alpha value is -4.25. The van der Waals surface area contributed by atoms with E-state index in [1.54, 1.807) is 30.3 Å². The van der Waals surface area contributed by atoms with Gasteiger partial charge in [0.15, 0.2) is 0 Å². The van der Waals surface area contributed by atoms with E-state index in [0.29, 0.717) is 59.4 Å². The van der Waals surface area contributed by atoms with E-state index in [1.807, 2.05) is 36.5 Å². The summed E-state index contributed by atoms with van der Waals surface area (Å²) >= 11 is 3.18. The van der Waals surface area contributed by atoms with Gasteiger partial charge >= 0.3 is 0 Å². The highest BCUT2D eigenvalue weighted by molar-refractivity contribution is 9.10.